The van der Waals surface area contributed by atoms with Crippen molar-refractivity contribution in [2.24, 2.45) is 35.2 Å². The van der Waals surface area contributed by atoms with Crippen molar-refractivity contribution in [2.75, 3.05) is 0 Å². The predicted octanol–water partition coefficient (Wildman–Crippen LogP) is 27.9. The lowest BCUT2D eigenvalue weighted by Crippen LogP contribution is -2.30. The topological polar surface area (TPSA) is 19.4 Å². The van der Waals surface area contributed by atoms with Gasteiger partial charge in [0.1, 0.15) is 35.2 Å². The van der Waals surface area contributed by atoms with E-state index in [0.29, 0.717) is 11.8 Å². The number of aromatic nitrogens is 5. The van der Waals surface area contributed by atoms with Gasteiger partial charge in [-0.05, 0) is 281 Å². The molecule has 0 atom stereocenters. The van der Waals surface area contributed by atoms with Gasteiger partial charge in [0.25, 0.3) is 0 Å². The van der Waals surface area contributed by atoms with Crippen LogP contribution in [0.15, 0.2) is 274 Å². The van der Waals surface area contributed by atoms with Crippen LogP contribution in [0.2, 0.25) is 0 Å². The van der Waals surface area contributed by atoms with Crippen LogP contribution in [0, 0.1) is 34.6 Å². The molecule has 0 N–H and O–H groups in total. The number of rotatable bonds is 10. The van der Waals surface area contributed by atoms with Crippen molar-refractivity contribution in [3.63, 3.8) is 0 Å². The van der Waals surface area contributed by atoms with Gasteiger partial charge >= 0.3 is 0 Å². The molecule has 0 amide bonds. The van der Waals surface area contributed by atoms with Crippen molar-refractivity contribution < 1.29 is 25.6 Å². The largest absolute Gasteiger partial charge is 0.212 e. The minimum Gasteiger partial charge on any atom is -0.201 e. The van der Waals surface area contributed by atoms with Gasteiger partial charge in [-0.3, -0.25) is 0 Å². The highest BCUT2D eigenvalue weighted by Crippen LogP contribution is 2.59. The summed E-state index contributed by atoms with van der Waals surface area (Å²) < 4.78 is 28.3. The van der Waals surface area contributed by atoms with Gasteiger partial charge in [-0.1, -0.05) is 251 Å². The quantitative estimate of drug-likeness (QED) is 0.122. The van der Waals surface area contributed by atoms with Crippen molar-refractivity contribution in [3.05, 3.63) is 385 Å². The van der Waals surface area contributed by atoms with Gasteiger partial charge in [-0.15, -0.1) is 0 Å². The molecule has 0 saturated carbocycles. The molecule has 127 heavy (non-hydrogen) atoms. The Morgan fingerprint density at radius 3 is 0.898 bits per heavy atom. The number of hydrogen-bond donors (Lipinski definition) is 0. The van der Waals surface area contributed by atoms with Gasteiger partial charge in [-0.2, -0.15) is 0 Å². The summed E-state index contributed by atoms with van der Waals surface area (Å²) in [6, 6.07) is 88.2. The summed E-state index contributed by atoms with van der Waals surface area (Å²) in [5.41, 5.74) is 54.3. The van der Waals surface area contributed by atoms with Crippen LogP contribution in [0.5, 0.6) is 0 Å². The molecule has 20 rings (SSSR count). The third-order valence-electron chi connectivity index (χ3n) is 29.5. The average molecular weight is 1670 g/mol. The molecule has 5 aliphatic rings. The zero-order chi connectivity index (χ0) is 92.4. The first-order chi connectivity index (χ1) is 61.2. The number of pyridine rings is 5. The van der Waals surface area contributed by atoms with E-state index in [1.54, 1.807) is 6.92 Å². The molecule has 0 bridgehead atoms. The lowest BCUT2D eigenvalue weighted by Gasteiger charge is -2.28. The highest BCUT2D eigenvalue weighted by atomic mass is 14.9. The van der Waals surface area contributed by atoms with E-state index >= 15 is 0 Å². The SMILES string of the molecule is CCc1c(-c2cccc[n+]2C)c(C)cc2c1-c1ccccc1C2(C)C.CCc1c(C)c(-c2cccc[n+]2C)cc2c1C(C)(C)c1ccccc1-2.Cc1c(-c2cccc[n+]2C)cc2c(c1C(C)C)C(C)(C)c1ccccc1-2.Cc1cc2c(c(C(C)C)c1-c1cccc[n+]1C)-c1ccccc1C2(C)C.[2H]C([2H])(C)c1c(C)c(-c2cccc[n+]2C)cc2c1C(C)(C)c1ccccc1-2. The van der Waals surface area contributed by atoms with E-state index in [4.69, 9.17) is 2.74 Å². The summed E-state index contributed by atoms with van der Waals surface area (Å²) >= 11 is 0. The first-order valence-corrected chi connectivity index (χ1v) is 46.4. The summed E-state index contributed by atoms with van der Waals surface area (Å²) in [4.78, 5) is 0. The molecule has 0 spiro atoms. The van der Waals surface area contributed by atoms with Crippen molar-refractivity contribution in [2.45, 2.75) is 210 Å². The van der Waals surface area contributed by atoms with Crippen LogP contribution in [-0.2, 0) is 81.5 Å². The minimum atomic E-state index is -1.42. The number of nitrogens with zero attached hydrogens (tertiary/aromatic N) is 5. The van der Waals surface area contributed by atoms with Crippen LogP contribution in [0.3, 0.4) is 0 Å². The normalized spacial score (nSPS) is 14.7. The Hall–Kier alpha value is -12.1. The zero-order valence-electron chi connectivity index (χ0n) is 82.8. The van der Waals surface area contributed by atoms with Gasteiger partial charge in [0, 0.05) is 107 Å². The average Bonchev–Trinajstić information content (AvgIpc) is 1.57. The molecule has 0 fully saturated rings. The molecule has 10 aromatic carbocycles. The van der Waals surface area contributed by atoms with Crippen LogP contribution in [0.1, 0.15) is 244 Å². The maximum Gasteiger partial charge on any atom is 0.212 e. The molecule has 0 aliphatic heterocycles. The first kappa shape index (κ1) is 85.7. The Kier molecular flexibility index (Phi) is 22.9. The van der Waals surface area contributed by atoms with Crippen LogP contribution in [0.4, 0.5) is 0 Å². The van der Waals surface area contributed by atoms with E-state index < -0.39 is 6.37 Å². The Labute approximate surface area is 763 Å². The fraction of sp³-hybridized carbons (Fsp3) is 0.303. The molecule has 0 unspecified atom stereocenters. The number of benzene rings is 10. The van der Waals surface area contributed by atoms with Crippen molar-refractivity contribution in [3.8, 4) is 112 Å². The Balaban J connectivity index is 0.000000118. The molecule has 5 aromatic heterocycles. The molecule has 15 aromatic rings. The van der Waals surface area contributed by atoms with Gasteiger partial charge in [0.05, 0.1) is 11.1 Å². The summed E-state index contributed by atoms with van der Waals surface area (Å²) in [7, 11) is 10.6. The maximum absolute atomic E-state index is 8.64. The van der Waals surface area contributed by atoms with Crippen molar-refractivity contribution in [1.82, 2.24) is 0 Å². The molecule has 5 nitrogen and oxygen atoms in total. The van der Waals surface area contributed by atoms with E-state index in [9.17, 15) is 0 Å². The van der Waals surface area contributed by atoms with Crippen molar-refractivity contribution >= 4 is 0 Å². The first-order valence-electron chi connectivity index (χ1n) is 47.4. The van der Waals surface area contributed by atoms with E-state index in [0.717, 1.165) is 40.8 Å². The van der Waals surface area contributed by atoms with Gasteiger partial charge < -0.3 is 0 Å². The number of aryl methyl sites for hydroxylation is 7. The maximum atomic E-state index is 8.64. The van der Waals surface area contributed by atoms with E-state index in [-0.39, 0.29) is 27.1 Å². The monoisotopic (exact) mass is 1670 g/mol. The molecule has 5 aliphatic carbocycles. The number of fused-ring (bicyclic) bond motifs is 15. The highest BCUT2D eigenvalue weighted by Gasteiger charge is 2.45. The molecule has 5 heteroatoms. The minimum absolute atomic E-state index is 0.0493. The Morgan fingerprint density at radius 2 is 0.535 bits per heavy atom. The van der Waals surface area contributed by atoms with Crippen LogP contribution >= 0.6 is 0 Å². The second-order valence-corrected chi connectivity index (χ2v) is 39.7. The summed E-state index contributed by atoms with van der Waals surface area (Å²) in [5.74, 6) is 0.951. The van der Waals surface area contributed by atoms with Crippen LogP contribution < -0.4 is 22.8 Å². The lowest BCUT2D eigenvalue weighted by atomic mass is 9.75. The fourth-order valence-electron chi connectivity index (χ4n) is 23.3. The second kappa shape index (κ2) is 33.9. The molecular formula is C122H134N5+5. The zero-order valence-corrected chi connectivity index (χ0v) is 80.8. The standard InChI is InChI=1S/2C25H28N.3C24H26N/c1-16(2)23-17(3)19(22-13-9-10-14-26(22)6)15-20-18-11-7-8-12-21(18)25(4,5)24(20)23;1-16(2)22-23(21-13-9-10-14-26(21)6)17(3)15-20-24(22)18-11-7-8-12-19(18)25(20,4)5;2*1-6-17-16(2)19(22-13-9-10-14-25(22)5)15-20-18-11-7-8-12-21(18)24(3,4)23(17)20;1-6-17-22(21-13-9-10-14-25(21)5)16(2)15-20-23(17)18-11-7-8-12-19(18)24(20,3)4/h2*7-16H,1-6H3;3*7-15H,6H2,1-5H3/q5*+1/i;;6D2;;. The Bertz CT molecular complexity index is 6970. The summed E-state index contributed by atoms with van der Waals surface area (Å²) in [6.07, 6.45) is 11.3. The third-order valence-corrected chi connectivity index (χ3v) is 29.5. The molecule has 5 heterocycles. The second-order valence-electron chi connectivity index (χ2n) is 39.7. The number of hydrogen-bond acceptors (Lipinski definition) is 0. The van der Waals surface area contributed by atoms with E-state index in [1.165, 1.54) is 195 Å². The van der Waals surface area contributed by atoms with Gasteiger partial charge in [0.2, 0.25) is 28.5 Å². The molecule has 642 valence electrons. The van der Waals surface area contributed by atoms with Crippen LogP contribution in [-0.4, -0.2) is 0 Å². The van der Waals surface area contributed by atoms with Gasteiger partial charge in [-0.25, -0.2) is 22.8 Å². The molecular weight excluding hydrogens is 1540 g/mol. The lowest BCUT2D eigenvalue weighted by molar-refractivity contribution is -0.660. The van der Waals surface area contributed by atoms with Crippen LogP contribution in [0.25, 0.3) is 112 Å². The van der Waals surface area contributed by atoms with E-state index in [2.05, 4.69) is 452 Å². The summed E-state index contributed by atoms with van der Waals surface area (Å²) in [6.45, 7) is 50.2. The van der Waals surface area contributed by atoms with E-state index in [1.807, 2.05) is 25.4 Å². The molecule has 0 radical (unpaired) electrons. The highest BCUT2D eigenvalue weighted by molar-refractivity contribution is 5.93. The Morgan fingerprint density at radius 1 is 0.252 bits per heavy atom. The molecule has 0 saturated heterocycles. The third kappa shape index (κ3) is 14.7. The fourth-order valence-corrected chi connectivity index (χ4v) is 23.3. The van der Waals surface area contributed by atoms with Crippen molar-refractivity contribution in [1.29, 1.82) is 0 Å². The smallest absolute Gasteiger partial charge is 0.201 e. The predicted molar refractivity (Wildman–Crippen MR) is 533 cm³/mol. The summed E-state index contributed by atoms with van der Waals surface area (Å²) in [5, 5.41) is 0. The van der Waals surface area contributed by atoms with Gasteiger partial charge in [0.15, 0.2) is 31.0 Å².